The molecule has 4 nitrogen and oxygen atoms in total. The van der Waals surface area contributed by atoms with Gasteiger partial charge in [0, 0.05) is 12.3 Å². The van der Waals surface area contributed by atoms with Crippen LogP contribution in [0.2, 0.25) is 0 Å². The van der Waals surface area contributed by atoms with Gasteiger partial charge in [0.2, 0.25) is 5.91 Å². The summed E-state index contributed by atoms with van der Waals surface area (Å²) in [4.78, 5) is 12.9. The van der Waals surface area contributed by atoms with E-state index in [0.29, 0.717) is 17.9 Å². The summed E-state index contributed by atoms with van der Waals surface area (Å²) >= 11 is 0. The zero-order valence-electron chi connectivity index (χ0n) is 18.0. The van der Waals surface area contributed by atoms with Gasteiger partial charge >= 0.3 is 0 Å². The highest BCUT2D eigenvalue weighted by Gasteiger charge is 2.19. The minimum Gasteiger partial charge on any atom is -0.495 e. The summed E-state index contributed by atoms with van der Waals surface area (Å²) in [7, 11) is 1.60. The standard InChI is InChI=1S/C26H29NO3/c1-18(2)30-22-15-13-21(14-16-22)23(20-11-9-19(3)10-12-20)17-26(28)27-24-7-5-6-8-25(24)29-4/h5-16,18,23H,17H2,1-4H3,(H,27,28). The molecule has 1 atom stereocenters. The second kappa shape index (κ2) is 9.97. The number of benzene rings is 3. The van der Waals surface area contributed by atoms with Crippen molar-refractivity contribution < 1.29 is 14.3 Å². The summed E-state index contributed by atoms with van der Waals surface area (Å²) in [6.45, 7) is 6.07. The van der Waals surface area contributed by atoms with Crippen molar-refractivity contribution in [3.63, 3.8) is 0 Å². The molecule has 0 aliphatic rings. The van der Waals surface area contributed by atoms with Gasteiger partial charge in [-0.2, -0.15) is 0 Å². The summed E-state index contributed by atoms with van der Waals surface area (Å²) in [5.41, 5.74) is 4.04. The van der Waals surface area contributed by atoms with Gasteiger partial charge < -0.3 is 14.8 Å². The highest BCUT2D eigenvalue weighted by Crippen LogP contribution is 2.31. The van der Waals surface area contributed by atoms with E-state index in [1.165, 1.54) is 5.56 Å². The predicted molar refractivity (Wildman–Crippen MR) is 121 cm³/mol. The van der Waals surface area contributed by atoms with Crippen LogP contribution < -0.4 is 14.8 Å². The Balaban J connectivity index is 1.84. The first-order chi connectivity index (χ1) is 14.5. The van der Waals surface area contributed by atoms with Crippen molar-refractivity contribution in [2.75, 3.05) is 12.4 Å². The zero-order valence-corrected chi connectivity index (χ0v) is 18.0. The van der Waals surface area contributed by atoms with E-state index in [1.54, 1.807) is 7.11 Å². The lowest BCUT2D eigenvalue weighted by molar-refractivity contribution is -0.116. The normalized spacial score (nSPS) is 11.8. The molecule has 1 N–H and O–H groups in total. The van der Waals surface area contributed by atoms with Gasteiger partial charge in [-0.1, -0.05) is 54.1 Å². The third-order valence-corrected chi connectivity index (χ3v) is 4.90. The van der Waals surface area contributed by atoms with Gasteiger partial charge in [0.25, 0.3) is 0 Å². The number of ether oxygens (including phenoxy) is 2. The fraction of sp³-hybridized carbons (Fsp3) is 0.269. The van der Waals surface area contributed by atoms with Crippen LogP contribution in [0.1, 0.15) is 42.9 Å². The quantitative estimate of drug-likeness (QED) is 0.505. The number of aryl methyl sites for hydroxylation is 1. The molecule has 1 amide bonds. The van der Waals surface area contributed by atoms with Crippen LogP contribution >= 0.6 is 0 Å². The van der Waals surface area contributed by atoms with Crippen molar-refractivity contribution in [3.05, 3.63) is 89.5 Å². The topological polar surface area (TPSA) is 47.6 Å². The van der Waals surface area contributed by atoms with E-state index in [-0.39, 0.29) is 17.9 Å². The molecule has 156 valence electrons. The SMILES string of the molecule is COc1ccccc1NC(=O)CC(c1ccc(C)cc1)c1ccc(OC(C)C)cc1. The molecule has 0 heterocycles. The maximum absolute atomic E-state index is 12.9. The molecular weight excluding hydrogens is 374 g/mol. The summed E-state index contributed by atoms with van der Waals surface area (Å²) in [5, 5.41) is 2.99. The first-order valence-corrected chi connectivity index (χ1v) is 10.2. The average molecular weight is 404 g/mol. The molecule has 3 aromatic rings. The van der Waals surface area contributed by atoms with Crippen LogP contribution in [0.25, 0.3) is 0 Å². The minimum absolute atomic E-state index is 0.0617. The van der Waals surface area contributed by atoms with Crippen LogP contribution in [0.4, 0.5) is 5.69 Å². The molecule has 3 aromatic carbocycles. The van der Waals surface area contributed by atoms with E-state index in [0.717, 1.165) is 16.9 Å². The van der Waals surface area contributed by atoms with Gasteiger partial charge in [-0.05, 0) is 56.2 Å². The smallest absolute Gasteiger partial charge is 0.225 e. The van der Waals surface area contributed by atoms with E-state index >= 15 is 0 Å². The van der Waals surface area contributed by atoms with Crippen LogP contribution in [0.3, 0.4) is 0 Å². The van der Waals surface area contributed by atoms with E-state index in [1.807, 2.05) is 62.4 Å². The van der Waals surface area contributed by atoms with Gasteiger partial charge in [0.15, 0.2) is 0 Å². The molecule has 3 rings (SSSR count). The van der Waals surface area contributed by atoms with Gasteiger partial charge in [-0.15, -0.1) is 0 Å². The van der Waals surface area contributed by atoms with Crippen molar-refractivity contribution in [2.45, 2.75) is 39.2 Å². The van der Waals surface area contributed by atoms with Crippen molar-refractivity contribution in [2.24, 2.45) is 0 Å². The molecular formula is C26H29NO3. The van der Waals surface area contributed by atoms with Gasteiger partial charge in [0.1, 0.15) is 11.5 Å². The first-order valence-electron chi connectivity index (χ1n) is 10.2. The Kier molecular flexibility index (Phi) is 7.12. The Morgan fingerprint density at radius 2 is 1.50 bits per heavy atom. The van der Waals surface area contributed by atoms with Crippen molar-refractivity contribution >= 4 is 11.6 Å². The number of hydrogen-bond acceptors (Lipinski definition) is 3. The Labute approximate surface area is 178 Å². The van der Waals surface area contributed by atoms with Crippen molar-refractivity contribution in [3.8, 4) is 11.5 Å². The van der Waals surface area contributed by atoms with Crippen LogP contribution in [-0.2, 0) is 4.79 Å². The van der Waals surface area contributed by atoms with Gasteiger partial charge in [0.05, 0.1) is 18.9 Å². The zero-order chi connectivity index (χ0) is 21.5. The molecule has 1 unspecified atom stereocenters. The maximum atomic E-state index is 12.9. The van der Waals surface area contributed by atoms with Crippen LogP contribution in [0, 0.1) is 6.92 Å². The summed E-state index contributed by atoms with van der Waals surface area (Å²) in [6, 6.07) is 23.8. The Morgan fingerprint density at radius 1 is 0.900 bits per heavy atom. The number of carbonyl (C=O) groups excluding carboxylic acids is 1. The number of hydrogen-bond donors (Lipinski definition) is 1. The Bertz CT molecular complexity index is 962. The number of rotatable bonds is 8. The van der Waals surface area contributed by atoms with Gasteiger partial charge in [-0.25, -0.2) is 0 Å². The van der Waals surface area contributed by atoms with Crippen LogP contribution in [0.5, 0.6) is 11.5 Å². The molecule has 0 aliphatic heterocycles. The average Bonchev–Trinajstić information content (AvgIpc) is 2.73. The lowest BCUT2D eigenvalue weighted by Gasteiger charge is -2.19. The monoisotopic (exact) mass is 403 g/mol. The van der Waals surface area contributed by atoms with Crippen molar-refractivity contribution in [1.29, 1.82) is 0 Å². The molecule has 0 aliphatic carbocycles. The third kappa shape index (κ3) is 5.63. The van der Waals surface area contributed by atoms with Gasteiger partial charge in [-0.3, -0.25) is 4.79 Å². The predicted octanol–water partition coefficient (Wildman–Crippen LogP) is 5.95. The minimum atomic E-state index is -0.0624. The van der Waals surface area contributed by atoms with E-state index < -0.39 is 0 Å². The van der Waals surface area contributed by atoms with E-state index in [4.69, 9.17) is 9.47 Å². The molecule has 0 saturated heterocycles. The second-order valence-electron chi connectivity index (χ2n) is 7.65. The lowest BCUT2D eigenvalue weighted by atomic mass is 9.87. The maximum Gasteiger partial charge on any atom is 0.225 e. The van der Waals surface area contributed by atoms with Crippen LogP contribution in [-0.4, -0.2) is 19.1 Å². The molecule has 0 aromatic heterocycles. The second-order valence-corrected chi connectivity index (χ2v) is 7.65. The number of amides is 1. The number of para-hydroxylation sites is 2. The number of carbonyl (C=O) groups is 1. The van der Waals surface area contributed by atoms with E-state index in [2.05, 4.69) is 36.5 Å². The number of anilines is 1. The molecule has 0 radical (unpaired) electrons. The van der Waals surface area contributed by atoms with Crippen molar-refractivity contribution in [1.82, 2.24) is 0 Å². The Morgan fingerprint density at radius 3 is 2.10 bits per heavy atom. The first kappa shape index (κ1) is 21.4. The molecule has 0 spiro atoms. The number of methoxy groups -OCH3 is 1. The highest BCUT2D eigenvalue weighted by molar-refractivity contribution is 5.93. The molecule has 4 heteroatoms. The molecule has 0 fully saturated rings. The van der Waals surface area contributed by atoms with Crippen LogP contribution in [0.15, 0.2) is 72.8 Å². The molecule has 30 heavy (non-hydrogen) atoms. The van der Waals surface area contributed by atoms with E-state index in [9.17, 15) is 4.79 Å². The summed E-state index contributed by atoms with van der Waals surface area (Å²) in [6.07, 6.45) is 0.446. The number of nitrogens with one attached hydrogen (secondary N) is 1. The molecule has 0 saturated carbocycles. The fourth-order valence-corrected chi connectivity index (χ4v) is 3.41. The fourth-order valence-electron chi connectivity index (χ4n) is 3.41. The Hall–Kier alpha value is -3.27. The summed E-state index contributed by atoms with van der Waals surface area (Å²) in [5.74, 6) is 1.35. The lowest BCUT2D eigenvalue weighted by Crippen LogP contribution is -2.17. The molecule has 0 bridgehead atoms. The summed E-state index contributed by atoms with van der Waals surface area (Å²) < 4.78 is 11.1. The third-order valence-electron chi connectivity index (χ3n) is 4.90. The highest BCUT2D eigenvalue weighted by atomic mass is 16.5. The largest absolute Gasteiger partial charge is 0.495 e.